The molecule has 0 amide bonds. The monoisotopic (exact) mass is 438 g/mol. The van der Waals surface area contributed by atoms with Gasteiger partial charge in [0.2, 0.25) is 0 Å². The Morgan fingerprint density at radius 3 is 2.39 bits per heavy atom. The molecule has 2 nitrogen and oxygen atoms in total. The van der Waals surface area contributed by atoms with E-state index in [1.165, 1.54) is 18.5 Å². The van der Waals surface area contributed by atoms with Crippen LogP contribution in [0.1, 0.15) is 44.7 Å². The summed E-state index contributed by atoms with van der Waals surface area (Å²) in [6.45, 7) is 7.67. The highest BCUT2D eigenvalue weighted by molar-refractivity contribution is 6.35. The highest BCUT2D eigenvalue weighted by Gasteiger charge is 2.30. The summed E-state index contributed by atoms with van der Waals surface area (Å²) in [4.78, 5) is 2.49. The molecule has 1 N–H and O–H groups in total. The molecule has 0 aromatic heterocycles. The number of benzene rings is 2. The second-order valence-electron chi connectivity index (χ2n) is 8.14. The molecule has 0 saturated carbocycles. The van der Waals surface area contributed by atoms with Gasteiger partial charge in [0, 0.05) is 27.3 Å². The van der Waals surface area contributed by atoms with E-state index in [2.05, 4.69) is 42.3 Å². The minimum absolute atomic E-state index is 0.255. The minimum atomic E-state index is 0.255. The van der Waals surface area contributed by atoms with Crippen molar-refractivity contribution in [2.75, 3.05) is 24.5 Å². The van der Waals surface area contributed by atoms with E-state index in [-0.39, 0.29) is 6.04 Å². The smallest absolute Gasteiger partial charge is 0.0557 e. The summed E-state index contributed by atoms with van der Waals surface area (Å²) < 4.78 is 0. The molecule has 1 aliphatic rings. The Labute approximate surface area is 184 Å². The van der Waals surface area contributed by atoms with Crippen LogP contribution in [0.3, 0.4) is 0 Å². The molecule has 0 aliphatic carbocycles. The van der Waals surface area contributed by atoms with Gasteiger partial charge in [-0.15, -0.1) is 0 Å². The quantitative estimate of drug-likeness (QED) is 0.457. The summed E-state index contributed by atoms with van der Waals surface area (Å²) in [5.41, 5.74) is 2.35. The molecule has 0 radical (unpaired) electrons. The second-order valence-corrected chi connectivity index (χ2v) is 9.42. The number of halogens is 3. The third kappa shape index (κ3) is 5.79. The van der Waals surface area contributed by atoms with Gasteiger partial charge in [-0.25, -0.2) is 0 Å². The van der Waals surface area contributed by atoms with Crippen LogP contribution in [0.15, 0.2) is 42.5 Å². The van der Waals surface area contributed by atoms with Gasteiger partial charge >= 0.3 is 0 Å². The van der Waals surface area contributed by atoms with Gasteiger partial charge in [-0.05, 0) is 86.1 Å². The molecule has 5 heteroatoms. The van der Waals surface area contributed by atoms with Crippen LogP contribution in [0.25, 0.3) is 0 Å². The lowest BCUT2D eigenvalue weighted by Crippen LogP contribution is -2.39. The largest absolute Gasteiger partial charge is 0.364 e. The number of nitrogens with zero attached hydrogens (tertiary/aromatic N) is 1. The fraction of sp³-hybridized carbons (Fsp3) is 0.478. The van der Waals surface area contributed by atoms with Crippen LogP contribution < -0.4 is 10.2 Å². The van der Waals surface area contributed by atoms with Crippen molar-refractivity contribution in [2.45, 2.75) is 39.2 Å². The first-order chi connectivity index (χ1) is 13.4. The first kappa shape index (κ1) is 21.8. The van der Waals surface area contributed by atoms with Crippen molar-refractivity contribution < 1.29 is 0 Å². The normalized spacial score (nSPS) is 20.0. The Hall–Kier alpha value is -0.930. The van der Waals surface area contributed by atoms with Crippen LogP contribution in [0.2, 0.25) is 15.1 Å². The van der Waals surface area contributed by atoms with Gasteiger partial charge in [0.25, 0.3) is 0 Å². The topological polar surface area (TPSA) is 15.3 Å². The third-order valence-corrected chi connectivity index (χ3v) is 6.26. The molecule has 3 rings (SSSR count). The Morgan fingerprint density at radius 2 is 1.71 bits per heavy atom. The lowest BCUT2D eigenvalue weighted by Gasteiger charge is -2.42. The molecule has 2 aromatic carbocycles. The van der Waals surface area contributed by atoms with Crippen molar-refractivity contribution >= 4 is 40.5 Å². The molecule has 1 aliphatic heterocycles. The molecule has 2 atom stereocenters. The van der Waals surface area contributed by atoms with E-state index in [0.717, 1.165) is 41.7 Å². The number of piperidine rings is 1. The molecule has 0 unspecified atom stereocenters. The summed E-state index contributed by atoms with van der Waals surface area (Å²) >= 11 is 18.8. The second kappa shape index (κ2) is 10.2. The SMILES string of the molecule is CC(C)CNCC[C@@H]1CC[C@@H](c2ccc(Cl)cc2Cl)N(c2ccc(Cl)cc2)C1. The van der Waals surface area contributed by atoms with Crippen LogP contribution >= 0.6 is 34.8 Å². The van der Waals surface area contributed by atoms with E-state index < -0.39 is 0 Å². The molecule has 2 aromatic rings. The lowest BCUT2D eigenvalue weighted by molar-refractivity contribution is 0.336. The van der Waals surface area contributed by atoms with Gasteiger partial charge in [0.05, 0.1) is 6.04 Å². The fourth-order valence-corrected chi connectivity index (χ4v) is 4.65. The maximum atomic E-state index is 6.57. The zero-order valence-corrected chi connectivity index (χ0v) is 18.9. The maximum Gasteiger partial charge on any atom is 0.0557 e. The number of nitrogens with one attached hydrogen (secondary N) is 1. The van der Waals surface area contributed by atoms with E-state index >= 15 is 0 Å². The lowest BCUT2D eigenvalue weighted by atomic mass is 9.86. The molecular weight excluding hydrogens is 411 g/mol. The van der Waals surface area contributed by atoms with E-state index in [1.54, 1.807) is 0 Å². The predicted octanol–water partition coefficient (Wildman–Crippen LogP) is 7.24. The Kier molecular flexibility index (Phi) is 7.93. The summed E-state index contributed by atoms with van der Waals surface area (Å²) in [6, 6.07) is 14.3. The van der Waals surface area contributed by atoms with E-state index in [1.807, 2.05) is 24.3 Å². The predicted molar refractivity (Wildman–Crippen MR) is 123 cm³/mol. The van der Waals surface area contributed by atoms with Gasteiger partial charge in [0.15, 0.2) is 0 Å². The van der Waals surface area contributed by atoms with Crippen molar-refractivity contribution in [3.05, 3.63) is 63.1 Å². The summed E-state index contributed by atoms with van der Waals surface area (Å²) in [7, 11) is 0. The molecule has 1 saturated heterocycles. The molecule has 0 bridgehead atoms. The zero-order chi connectivity index (χ0) is 20.1. The van der Waals surface area contributed by atoms with Crippen molar-refractivity contribution in [3.63, 3.8) is 0 Å². The van der Waals surface area contributed by atoms with E-state index in [4.69, 9.17) is 34.8 Å². The van der Waals surface area contributed by atoms with Gasteiger partial charge in [-0.1, -0.05) is 54.7 Å². The van der Waals surface area contributed by atoms with Gasteiger partial charge in [0.1, 0.15) is 0 Å². The average molecular weight is 440 g/mol. The number of anilines is 1. The van der Waals surface area contributed by atoms with Crippen molar-refractivity contribution in [2.24, 2.45) is 11.8 Å². The van der Waals surface area contributed by atoms with Crippen LogP contribution in [0.4, 0.5) is 5.69 Å². The summed E-state index contributed by atoms with van der Waals surface area (Å²) in [6.07, 6.45) is 3.48. The van der Waals surface area contributed by atoms with Crippen LogP contribution in [-0.2, 0) is 0 Å². The van der Waals surface area contributed by atoms with Crippen molar-refractivity contribution in [1.29, 1.82) is 0 Å². The Balaban J connectivity index is 1.77. The first-order valence-electron chi connectivity index (χ1n) is 10.1. The third-order valence-electron chi connectivity index (χ3n) is 5.44. The maximum absolute atomic E-state index is 6.57. The molecule has 152 valence electrons. The fourth-order valence-electron chi connectivity index (χ4n) is 3.99. The van der Waals surface area contributed by atoms with Gasteiger partial charge in [-0.3, -0.25) is 0 Å². The van der Waals surface area contributed by atoms with Crippen LogP contribution in [0, 0.1) is 11.8 Å². The summed E-state index contributed by atoms with van der Waals surface area (Å²) in [5, 5.41) is 5.76. The van der Waals surface area contributed by atoms with E-state index in [9.17, 15) is 0 Å². The molecular formula is C23H29Cl3N2. The molecule has 1 heterocycles. The van der Waals surface area contributed by atoms with Gasteiger partial charge in [-0.2, -0.15) is 0 Å². The Morgan fingerprint density at radius 1 is 1.00 bits per heavy atom. The first-order valence-corrected chi connectivity index (χ1v) is 11.2. The van der Waals surface area contributed by atoms with Gasteiger partial charge < -0.3 is 10.2 Å². The molecule has 0 spiro atoms. The highest BCUT2D eigenvalue weighted by atomic mass is 35.5. The number of hydrogen-bond acceptors (Lipinski definition) is 2. The zero-order valence-electron chi connectivity index (χ0n) is 16.6. The van der Waals surface area contributed by atoms with Crippen LogP contribution in [-0.4, -0.2) is 19.6 Å². The van der Waals surface area contributed by atoms with Crippen LogP contribution in [0.5, 0.6) is 0 Å². The Bertz CT molecular complexity index is 761. The average Bonchev–Trinajstić information content (AvgIpc) is 2.66. The standard InChI is InChI=1S/C23H29Cl3N2/c1-16(2)14-27-12-11-17-3-10-23(21-9-6-19(25)13-22(21)26)28(15-17)20-7-4-18(24)5-8-20/h4-9,13,16-17,23,27H,3,10-12,14-15H2,1-2H3/t17-,23-/m0/s1. The number of hydrogen-bond donors (Lipinski definition) is 1. The van der Waals surface area contributed by atoms with Crippen molar-refractivity contribution in [3.8, 4) is 0 Å². The molecule has 1 fully saturated rings. The molecule has 28 heavy (non-hydrogen) atoms. The number of rotatable bonds is 7. The highest BCUT2D eigenvalue weighted by Crippen LogP contribution is 2.41. The van der Waals surface area contributed by atoms with Crippen molar-refractivity contribution in [1.82, 2.24) is 5.32 Å². The summed E-state index contributed by atoms with van der Waals surface area (Å²) in [5.74, 6) is 1.35. The van der Waals surface area contributed by atoms with E-state index in [0.29, 0.717) is 16.9 Å². The minimum Gasteiger partial charge on any atom is -0.364 e.